The molecule has 60 valence electrons. The van der Waals surface area contributed by atoms with Crippen molar-refractivity contribution in [3.8, 4) is 0 Å². The highest BCUT2D eigenvalue weighted by molar-refractivity contribution is 5.71. The average molecular weight is 147 g/mol. The maximum atomic E-state index is 10.6. The predicted octanol–water partition coefficient (Wildman–Crippen LogP) is -0.523. The van der Waals surface area contributed by atoms with Crippen molar-refractivity contribution in [3.63, 3.8) is 0 Å². The van der Waals surface area contributed by atoms with Gasteiger partial charge in [-0.05, 0) is 13.8 Å². The molecule has 10 heavy (non-hydrogen) atoms. The Morgan fingerprint density at radius 1 is 1.80 bits per heavy atom. The van der Waals surface area contributed by atoms with E-state index in [1.165, 1.54) is 0 Å². The van der Waals surface area contributed by atoms with Crippen molar-refractivity contribution in [1.82, 2.24) is 5.32 Å². The summed E-state index contributed by atoms with van der Waals surface area (Å²) in [6, 6.07) is 0. The van der Waals surface area contributed by atoms with Gasteiger partial charge in [0.2, 0.25) is 0 Å². The number of nitrogens with one attached hydrogen (secondary N) is 1. The van der Waals surface area contributed by atoms with Crippen molar-refractivity contribution >= 4 is 5.97 Å². The van der Waals surface area contributed by atoms with Gasteiger partial charge in [0.15, 0.2) is 0 Å². The van der Waals surface area contributed by atoms with Gasteiger partial charge in [-0.1, -0.05) is 0 Å². The first kappa shape index (κ1) is 9.39. The van der Waals surface area contributed by atoms with Crippen molar-refractivity contribution in [1.29, 1.82) is 0 Å². The molecule has 0 bridgehead atoms. The van der Waals surface area contributed by atoms with E-state index in [0.29, 0.717) is 6.61 Å². The zero-order valence-corrected chi connectivity index (χ0v) is 6.26. The van der Waals surface area contributed by atoms with Crippen molar-refractivity contribution in [2.24, 2.45) is 0 Å². The van der Waals surface area contributed by atoms with Crippen molar-refractivity contribution in [3.05, 3.63) is 0 Å². The molecule has 0 aromatic heterocycles. The second-order valence-corrected chi connectivity index (χ2v) is 1.86. The summed E-state index contributed by atoms with van der Waals surface area (Å²) < 4.78 is 4.58. The number of aliphatic hydroxyl groups excluding tert-OH is 1. The van der Waals surface area contributed by atoms with E-state index in [4.69, 9.17) is 5.11 Å². The molecule has 0 fully saturated rings. The highest BCUT2D eigenvalue weighted by Gasteiger charge is 2.01. The number of esters is 1. The zero-order chi connectivity index (χ0) is 7.98. The topological polar surface area (TPSA) is 58.6 Å². The second-order valence-electron chi connectivity index (χ2n) is 1.86. The summed E-state index contributed by atoms with van der Waals surface area (Å²) in [5.41, 5.74) is 0. The summed E-state index contributed by atoms with van der Waals surface area (Å²) in [6.45, 7) is 3.71. The number of carbonyl (C=O) groups excluding carboxylic acids is 1. The summed E-state index contributed by atoms with van der Waals surface area (Å²) in [4.78, 5) is 10.6. The molecule has 0 aliphatic carbocycles. The molecule has 4 heteroatoms. The van der Waals surface area contributed by atoms with Crippen LogP contribution in [0.2, 0.25) is 0 Å². The van der Waals surface area contributed by atoms with Gasteiger partial charge in [-0.2, -0.15) is 0 Å². The van der Waals surface area contributed by atoms with E-state index in [1.807, 2.05) is 0 Å². The van der Waals surface area contributed by atoms with Gasteiger partial charge in [0, 0.05) is 0 Å². The fourth-order valence-corrected chi connectivity index (χ4v) is 0.443. The quantitative estimate of drug-likeness (QED) is 0.415. The highest BCUT2D eigenvalue weighted by atomic mass is 16.5. The Hall–Kier alpha value is -0.610. The lowest BCUT2D eigenvalue weighted by atomic mass is 10.6. The molecule has 0 saturated heterocycles. The summed E-state index contributed by atoms with van der Waals surface area (Å²) in [5, 5.41) is 11.2. The zero-order valence-electron chi connectivity index (χ0n) is 6.26. The first-order valence-electron chi connectivity index (χ1n) is 3.24. The van der Waals surface area contributed by atoms with Crippen LogP contribution in [0.3, 0.4) is 0 Å². The van der Waals surface area contributed by atoms with E-state index >= 15 is 0 Å². The number of carbonyl (C=O) groups is 1. The molecule has 0 aromatic carbocycles. The van der Waals surface area contributed by atoms with Crippen LogP contribution in [0.25, 0.3) is 0 Å². The number of hydrogen-bond donors (Lipinski definition) is 2. The molecule has 0 aliphatic heterocycles. The highest BCUT2D eigenvalue weighted by Crippen LogP contribution is 1.76. The normalized spacial score (nSPS) is 12.7. The minimum Gasteiger partial charge on any atom is -0.465 e. The number of aliphatic hydroxyl groups is 1. The minimum absolute atomic E-state index is 0.0610. The molecule has 0 saturated carbocycles. The molecular weight excluding hydrogens is 134 g/mol. The maximum Gasteiger partial charge on any atom is 0.319 e. The van der Waals surface area contributed by atoms with Crippen LogP contribution in [0.5, 0.6) is 0 Å². The van der Waals surface area contributed by atoms with Gasteiger partial charge in [-0.3, -0.25) is 10.1 Å². The molecular formula is C6H13NO3. The number of rotatable bonds is 4. The van der Waals surface area contributed by atoms with Crippen LogP contribution in [-0.2, 0) is 9.53 Å². The Bertz CT molecular complexity index is 103. The van der Waals surface area contributed by atoms with Gasteiger partial charge in [0.25, 0.3) is 0 Å². The maximum absolute atomic E-state index is 10.6. The van der Waals surface area contributed by atoms with Crippen molar-refractivity contribution in [2.45, 2.75) is 20.1 Å². The van der Waals surface area contributed by atoms with Crippen LogP contribution in [0.1, 0.15) is 13.8 Å². The van der Waals surface area contributed by atoms with Crippen LogP contribution in [0, 0.1) is 0 Å². The molecule has 0 aromatic rings. The van der Waals surface area contributed by atoms with Gasteiger partial charge < -0.3 is 9.84 Å². The molecule has 0 rings (SSSR count). The van der Waals surface area contributed by atoms with Crippen molar-refractivity contribution in [2.75, 3.05) is 13.2 Å². The number of hydrogen-bond acceptors (Lipinski definition) is 4. The second kappa shape index (κ2) is 5.20. The Kier molecular flexibility index (Phi) is 4.88. The first-order valence-corrected chi connectivity index (χ1v) is 3.24. The summed E-state index contributed by atoms with van der Waals surface area (Å²) >= 11 is 0. The van der Waals surface area contributed by atoms with Gasteiger partial charge in [0.1, 0.15) is 6.23 Å². The van der Waals surface area contributed by atoms with Gasteiger partial charge in [0.05, 0.1) is 13.2 Å². The lowest BCUT2D eigenvalue weighted by molar-refractivity contribution is -0.142. The third-order valence-electron chi connectivity index (χ3n) is 0.847. The molecule has 1 unspecified atom stereocenters. The SMILES string of the molecule is CCOC(=O)CNC(C)O. The molecule has 0 amide bonds. The van der Waals surface area contributed by atoms with Gasteiger partial charge in [-0.25, -0.2) is 0 Å². The first-order chi connectivity index (χ1) is 4.66. The Labute approximate surface area is 60.2 Å². The van der Waals surface area contributed by atoms with E-state index < -0.39 is 6.23 Å². The number of ether oxygens (including phenoxy) is 1. The van der Waals surface area contributed by atoms with E-state index in [9.17, 15) is 4.79 Å². The predicted molar refractivity (Wildman–Crippen MR) is 36.3 cm³/mol. The summed E-state index contributed by atoms with van der Waals surface area (Å²) in [5.74, 6) is -0.344. The molecule has 2 N–H and O–H groups in total. The molecule has 0 radical (unpaired) electrons. The summed E-state index contributed by atoms with van der Waals surface area (Å²) in [6.07, 6.45) is -0.663. The Balaban J connectivity index is 3.22. The van der Waals surface area contributed by atoms with Crippen molar-refractivity contribution < 1.29 is 14.6 Å². The molecule has 4 nitrogen and oxygen atoms in total. The largest absolute Gasteiger partial charge is 0.465 e. The third-order valence-corrected chi connectivity index (χ3v) is 0.847. The van der Waals surface area contributed by atoms with E-state index in [0.717, 1.165) is 0 Å². The van der Waals surface area contributed by atoms with Crippen LogP contribution < -0.4 is 5.32 Å². The molecule has 0 heterocycles. The standard InChI is InChI=1S/C6H13NO3/c1-3-10-6(9)4-7-5(2)8/h5,7-8H,3-4H2,1-2H3. The summed E-state index contributed by atoms with van der Waals surface area (Å²) in [7, 11) is 0. The lowest BCUT2D eigenvalue weighted by Gasteiger charge is -2.05. The van der Waals surface area contributed by atoms with Crippen LogP contribution in [0.15, 0.2) is 0 Å². The van der Waals surface area contributed by atoms with Crippen LogP contribution >= 0.6 is 0 Å². The molecule has 0 aliphatic rings. The van der Waals surface area contributed by atoms with E-state index in [-0.39, 0.29) is 12.5 Å². The van der Waals surface area contributed by atoms with Gasteiger partial charge >= 0.3 is 5.97 Å². The van der Waals surface area contributed by atoms with Crippen LogP contribution in [-0.4, -0.2) is 30.5 Å². The Morgan fingerprint density at radius 2 is 2.40 bits per heavy atom. The molecule has 0 spiro atoms. The molecule has 1 atom stereocenters. The van der Waals surface area contributed by atoms with E-state index in [2.05, 4.69) is 10.1 Å². The monoisotopic (exact) mass is 147 g/mol. The van der Waals surface area contributed by atoms with Crippen LogP contribution in [0.4, 0.5) is 0 Å². The minimum atomic E-state index is -0.663. The smallest absolute Gasteiger partial charge is 0.319 e. The fourth-order valence-electron chi connectivity index (χ4n) is 0.443. The fraction of sp³-hybridized carbons (Fsp3) is 0.833. The van der Waals surface area contributed by atoms with Gasteiger partial charge in [-0.15, -0.1) is 0 Å². The van der Waals surface area contributed by atoms with E-state index in [1.54, 1.807) is 13.8 Å². The lowest BCUT2D eigenvalue weighted by Crippen LogP contribution is -2.31. The average Bonchev–Trinajstić information content (AvgIpc) is 1.85. The Morgan fingerprint density at radius 3 is 2.80 bits per heavy atom. The third kappa shape index (κ3) is 5.53.